The Morgan fingerprint density at radius 2 is 1.40 bits per heavy atom. The summed E-state index contributed by atoms with van der Waals surface area (Å²) in [4.78, 5) is 66.5. The van der Waals surface area contributed by atoms with E-state index in [1.807, 2.05) is 37.3 Å². The molecule has 1 heterocycles. The molecule has 0 aliphatic rings. The van der Waals surface area contributed by atoms with Gasteiger partial charge in [-0.15, -0.1) is 12.4 Å². The lowest BCUT2D eigenvalue weighted by Gasteiger charge is -2.25. The van der Waals surface area contributed by atoms with Gasteiger partial charge in [-0.05, 0) is 30.0 Å². The molecule has 0 unspecified atom stereocenters. The van der Waals surface area contributed by atoms with Crippen LogP contribution in [0.5, 0.6) is 0 Å². The number of aromatic nitrogens is 1. The summed E-state index contributed by atoms with van der Waals surface area (Å²) in [7, 11) is 0. The molecule has 0 aliphatic heterocycles. The lowest BCUT2D eigenvalue weighted by molar-refractivity contribution is -0.134. The summed E-state index contributed by atoms with van der Waals surface area (Å²) >= 11 is 0. The molecule has 0 aliphatic carbocycles. The number of rotatable bonds is 16. The molecule has 5 amide bonds. The van der Waals surface area contributed by atoms with Gasteiger partial charge in [0.2, 0.25) is 29.5 Å². The summed E-state index contributed by atoms with van der Waals surface area (Å²) in [6.07, 6.45) is 3.24. The van der Waals surface area contributed by atoms with E-state index < -0.39 is 60.1 Å². The third-order valence-corrected chi connectivity index (χ3v) is 6.91. The average molecular weight is 614 g/mol. The predicted octanol–water partition coefficient (Wildman–Crippen LogP) is 0.708. The van der Waals surface area contributed by atoms with E-state index in [1.54, 1.807) is 30.5 Å². The zero-order valence-corrected chi connectivity index (χ0v) is 24.8. The van der Waals surface area contributed by atoms with Crippen molar-refractivity contribution in [1.29, 1.82) is 0 Å². The molecular formula is C30H40ClN7O5. The van der Waals surface area contributed by atoms with E-state index in [9.17, 15) is 24.0 Å². The van der Waals surface area contributed by atoms with Crippen molar-refractivity contribution in [2.24, 2.45) is 17.2 Å². The third kappa shape index (κ3) is 10.4. The molecule has 0 saturated heterocycles. The van der Waals surface area contributed by atoms with E-state index in [2.05, 4.69) is 20.9 Å². The molecule has 0 bridgehead atoms. The monoisotopic (exact) mass is 613 g/mol. The number of aromatic amines is 1. The number of para-hydroxylation sites is 1. The number of halogens is 1. The first kappa shape index (κ1) is 34.8. The fraction of sp³-hybridized carbons (Fsp3) is 0.367. The first-order chi connectivity index (χ1) is 20.1. The van der Waals surface area contributed by atoms with Gasteiger partial charge in [0.25, 0.3) is 0 Å². The van der Waals surface area contributed by atoms with Crippen LogP contribution in [0.3, 0.4) is 0 Å². The Hall–Kier alpha value is -4.42. The number of primary amides is 2. The maximum Gasteiger partial charge on any atom is 0.243 e. The second-order valence-corrected chi connectivity index (χ2v) is 10.3. The average Bonchev–Trinajstić information content (AvgIpc) is 3.37. The number of H-pyrrole nitrogens is 1. The van der Waals surface area contributed by atoms with E-state index in [-0.39, 0.29) is 31.7 Å². The molecule has 2 aromatic carbocycles. The number of hydrogen-bond acceptors (Lipinski definition) is 6. The fourth-order valence-electron chi connectivity index (χ4n) is 4.61. The molecule has 3 rings (SSSR count). The number of nitrogens with two attached hydrogens (primary N) is 3. The van der Waals surface area contributed by atoms with E-state index in [0.29, 0.717) is 6.42 Å². The summed E-state index contributed by atoms with van der Waals surface area (Å²) in [5, 5.41) is 8.66. The highest BCUT2D eigenvalue weighted by Crippen LogP contribution is 2.19. The SMILES string of the molecule is CCCC[C@H](NC(=O)[C@@H](N)Cc1c[nH]c2ccccc12)C(=O)N[C@@H](CC(N)=O)C(=O)N[C@@H](Cc1ccccc1)C(N)=O.Cl. The van der Waals surface area contributed by atoms with Crippen molar-refractivity contribution in [2.75, 3.05) is 0 Å². The first-order valence-electron chi connectivity index (χ1n) is 13.9. The van der Waals surface area contributed by atoms with Crippen LogP contribution in [0.2, 0.25) is 0 Å². The molecular weight excluding hydrogens is 574 g/mol. The van der Waals surface area contributed by atoms with Crippen molar-refractivity contribution >= 4 is 52.8 Å². The van der Waals surface area contributed by atoms with Crippen molar-refractivity contribution in [3.05, 3.63) is 71.9 Å². The van der Waals surface area contributed by atoms with Crippen LogP contribution in [0.25, 0.3) is 10.9 Å². The van der Waals surface area contributed by atoms with Gasteiger partial charge in [0, 0.05) is 23.5 Å². The number of hydrogen-bond donors (Lipinski definition) is 7. The molecule has 1 aromatic heterocycles. The summed E-state index contributed by atoms with van der Waals surface area (Å²) in [5.41, 5.74) is 19.6. The van der Waals surface area contributed by atoms with Gasteiger partial charge in [-0.2, -0.15) is 0 Å². The van der Waals surface area contributed by atoms with E-state index in [0.717, 1.165) is 28.5 Å². The highest BCUT2D eigenvalue weighted by atomic mass is 35.5. The van der Waals surface area contributed by atoms with E-state index in [1.165, 1.54) is 0 Å². The van der Waals surface area contributed by atoms with Crippen LogP contribution >= 0.6 is 12.4 Å². The van der Waals surface area contributed by atoms with Crippen LogP contribution in [0, 0.1) is 0 Å². The minimum atomic E-state index is -1.39. The van der Waals surface area contributed by atoms with Crippen LogP contribution in [-0.4, -0.2) is 58.7 Å². The van der Waals surface area contributed by atoms with Crippen molar-refractivity contribution < 1.29 is 24.0 Å². The van der Waals surface area contributed by atoms with Gasteiger partial charge in [0.05, 0.1) is 12.5 Å². The largest absolute Gasteiger partial charge is 0.370 e. The Morgan fingerprint density at radius 3 is 2.05 bits per heavy atom. The lowest BCUT2D eigenvalue weighted by Crippen LogP contribution is -2.58. The maximum absolute atomic E-state index is 13.3. The van der Waals surface area contributed by atoms with E-state index in [4.69, 9.17) is 17.2 Å². The summed E-state index contributed by atoms with van der Waals surface area (Å²) < 4.78 is 0. The molecule has 43 heavy (non-hydrogen) atoms. The third-order valence-electron chi connectivity index (χ3n) is 6.91. The second kappa shape index (κ2) is 16.9. The molecule has 10 N–H and O–H groups in total. The van der Waals surface area contributed by atoms with Gasteiger partial charge in [0.15, 0.2) is 0 Å². The molecule has 0 spiro atoms. The minimum absolute atomic E-state index is 0. The van der Waals surface area contributed by atoms with Gasteiger partial charge in [-0.25, -0.2) is 0 Å². The van der Waals surface area contributed by atoms with Crippen LogP contribution in [0.15, 0.2) is 60.8 Å². The molecule has 0 fully saturated rings. The fourth-order valence-corrected chi connectivity index (χ4v) is 4.61. The first-order valence-corrected chi connectivity index (χ1v) is 13.9. The topological polar surface area (TPSA) is 215 Å². The second-order valence-electron chi connectivity index (χ2n) is 10.3. The summed E-state index contributed by atoms with van der Waals surface area (Å²) in [5.74, 6) is -3.66. The van der Waals surface area contributed by atoms with Gasteiger partial charge in [0.1, 0.15) is 18.1 Å². The Kier molecular flexibility index (Phi) is 13.7. The normalized spacial score (nSPS) is 13.5. The van der Waals surface area contributed by atoms with Crippen LogP contribution < -0.4 is 33.2 Å². The molecule has 3 aromatic rings. The van der Waals surface area contributed by atoms with Gasteiger partial charge >= 0.3 is 0 Å². The Labute approximate surface area is 256 Å². The standard InChI is InChI=1S/C30H39N7O5.ClH/c1-2-3-12-23(35-28(40)21(31)15-19-17-34-22-13-8-7-11-20(19)22)29(41)37-25(16-26(32)38)30(42)36-24(27(33)39)14-18-9-5-4-6-10-18;/h4-11,13,17,21,23-25,34H,2-3,12,14-16,31H2,1H3,(H2,32,38)(H2,33,39)(H,35,40)(H,36,42)(H,37,41);1H/t21-,23-,24-,25-;/m0./s1. The zero-order chi connectivity index (χ0) is 30.6. The number of nitrogens with one attached hydrogen (secondary N) is 4. The number of amides is 5. The Morgan fingerprint density at radius 1 is 0.791 bits per heavy atom. The maximum atomic E-state index is 13.3. The number of fused-ring (bicyclic) bond motifs is 1. The van der Waals surface area contributed by atoms with Crippen molar-refractivity contribution in [3.8, 4) is 0 Å². The van der Waals surface area contributed by atoms with E-state index >= 15 is 0 Å². The molecule has 0 radical (unpaired) electrons. The van der Waals surface area contributed by atoms with Crippen LogP contribution in [0.1, 0.15) is 43.7 Å². The van der Waals surface area contributed by atoms with Crippen molar-refractivity contribution in [3.63, 3.8) is 0 Å². The highest BCUT2D eigenvalue weighted by Gasteiger charge is 2.31. The lowest BCUT2D eigenvalue weighted by atomic mass is 10.0. The minimum Gasteiger partial charge on any atom is -0.370 e. The quantitative estimate of drug-likeness (QED) is 0.123. The molecule has 12 nitrogen and oxygen atoms in total. The molecule has 0 saturated carbocycles. The van der Waals surface area contributed by atoms with Crippen LogP contribution in [-0.2, 0) is 36.8 Å². The van der Waals surface area contributed by atoms with Crippen LogP contribution in [0.4, 0.5) is 0 Å². The zero-order valence-electron chi connectivity index (χ0n) is 24.0. The van der Waals surface area contributed by atoms with Gasteiger partial charge in [-0.3, -0.25) is 24.0 Å². The summed E-state index contributed by atoms with van der Waals surface area (Å²) in [6.45, 7) is 1.93. The summed E-state index contributed by atoms with van der Waals surface area (Å²) in [6, 6.07) is 12.1. The van der Waals surface area contributed by atoms with Gasteiger partial charge < -0.3 is 38.1 Å². The molecule has 232 valence electrons. The predicted molar refractivity (Wildman–Crippen MR) is 166 cm³/mol. The van der Waals surface area contributed by atoms with Gasteiger partial charge in [-0.1, -0.05) is 68.3 Å². The Bertz CT molecular complexity index is 1400. The van der Waals surface area contributed by atoms with Crippen molar-refractivity contribution in [1.82, 2.24) is 20.9 Å². The number of carbonyl (C=O) groups is 5. The molecule has 13 heteroatoms. The van der Waals surface area contributed by atoms with Crippen molar-refractivity contribution in [2.45, 2.75) is 69.6 Å². The molecule has 4 atom stereocenters. The Balaban J connectivity index is 0.00000645. The highest BCUT2D eigenvalue weighted by molar-refractivity contribution is 5.96. The number of unbranched alkanes of at least 4 members (excludes halogenated alkanes) is 1. The number of carbonyl (C=O) groups excluding carboxylic acids is 5. The smallest absolute Gasteiger partial charge is 0.243 e. The number of benzene rings is 2.